The minimum atomic E-state index is -0.410. The van der Waals surface area contributed by atoms with Crippen molar-refractivity contribution in [3.8, 4) is 11.4 Å². The number of rotatable bonds is 2. The maximum absolute atomic E-state index is 9.71. The van der Waals surface area contributed by atoms with E-state index in [-0.39, 0.29) is 17.0 Å². The van der Waals surface area contributed by atoms with E-state index in [4.69, 9.17) is 20.9 Å². The topological polar surface area (TPSA) is 56.5 Å². The normalized spacial score (nSPS) is 18.4. The zero-order chi connectivity index (χ0) is 19.6. The van der Waals surface area contributed by atoms with Gasteiger partial charge in [0.15, 0.2) is 0 Å². The third kappa shape index (κ3) is 2.92. The van der Waals surface area contributed by atoms with Crippen LogP contribution in [0.1, 0.15) is 33.3 Å². The summed E-state index contributed by atoms with van der Waals surface area (Å²) in [6.07, 6.45) is 0. The molecule has 0 saturated carbocycles. The highest BCUT2D eigenvalue weighted by molar-refractivity contribution is 6.62. The van der Waals surface area contributed by atoms with Gasteiger partial charge in [0.25, 0.3) is 0 Å². The minimum absolute atomic E-state index is 0.164. The van der Waals surface area contributed by atoms with Crippen LogP contribution < -0.4 is 5.46 Å². The predicted molar refractivity (Wildman–Crippen MR) is 108 cm³/mol. The van der Waals surface area contributed by atoms with Gasteiger partial charge in [0.2, 0.25) is 0 Å². The van der Waals surface area contributed by atoms with E-state index in [1.165, 1.54) is 0 Å². The first kappa shape index (κ1) is 18.4. The SMILES string of the molecule is Cc1cc(B2OC(C)(C)C(C)(C)O2)ccc1-n1nc2ccc(O)cc2c1Cl. The van der Waals surface area contributed by atoms with E-state index in [0.29, 0.717) is 10.5 Å². The second-order valence-electron chi connectivity index (χ2n) is 8.04. The molecule has 0 radical (unpaired) electrons. The van der Waals surface area contributed by atoms with Gasteiger partial charge in [-0.05, 0) is 69.9 Å². The van der Waals surface area contributed by atoms with Crippen LogP contribution in [0.2, 0.25) is 5.15 Å². The monoisotopic (exact) mass is 384 g/mol. The molecule has 3 aromatic rings. The van der Waals surface area contributed by atoms with Crippen LogP contribution in [-0.4, -0.2) is 33.2 Å². The molecule has 1 N–H and O–H groups in total. The van der Waals surface area contributed by atoms with Crippen molar-refractivity contribution in [1.29, 1.82) is 0 Å². The number of hydrogen-bond donors (Lipinski definition) is 1. The van der Waals surface area contributed by atoms with Crippen molar-refractivity contribution >= 4 is 35.1 Å². The highest BCUT2D eigenvalue weighted by Gasteiger charge is 2.51. The fourth-order valence-electron chi connectivity index (χ4n) is 3.24. The number of fused-ring (bicyclic) bond motifs is 1. The van der Waals surface area contributed by atoms with E-state index in [1.807, 2.05) is 52.8 Å². The molecule has 0 unspecified atom stereocenters. The number of nitrogens with zero attached hydrogens (tertiary/aromatic N) is 2. The predicted octanol–water partition coefficient (Wildman–Crippen LogP) is 3.99. The molecule has 0 bridgehead atoms. The lowest BCUT2D eigenvalue weighted by Crippen LogP contribution is -2.41. The number of phenolic OH excluding ortho intramolecular Hbond substituents is 1. The van der Waals surface area contributed by atoms with E-state index < -0.39 is 7.12 Å². The van der Waals surface area contributed by atoms with Crippen LogP contribution in [0.3, 0.4) is 0 Å². The lowest BCUT2D eigenvalue weighted by Gasteiger charge is -2.32. The average Bonchev–Trinajstić information content (AvgIpc) is 3.01. The smallest absolute Gasteiger partial charge is 0.494 e. The Morgan fingerprint density at radius 2 is 1.70 bits per heavy atom. The van der Waals surface area contributed by atoms with Gasteiger partial charge in [0.1, 0.15) is 10.9 Å². The van der Waals surface area contributed by atoms with Gasteiger partial charge < -0.3 is 14.4 Å². The van der Waals surface area contributed by atoms with Crippen molar-refractivity contribution in [1.82, 2.24) is 9.78 Å². The Labute approximate surface area is 164 Å². The summed E-state index contributed by atoms with van der Waals surface area (Å²) in [5.74, 6) is 0.164. The Balaban J connectivity index is 1.72. The standard InChI is InChI=1S/C20H22BClN2O3/c1-12-10-13(21-26-19(2,3)20(4,5)27-21)6-9-17(12)24-18(22)15-11-14(25)7-8-16(15)23-24/h6-11,25H,1-5H3. The molecule has 1 fully saturated rings. The molecule has 0 atom stereocenters. The first-order chi connectivity index (χ1) is 12.6. The molecule has 0 spiro atoms. The van der Waals surface area contributed by atoms with Gasteiger partial charge in [0, 0.05) is 5.39 Å². The van der Waals surface area contributed by atoms with Crippen LogP contribution in [0.4, 0.5) is 0 Å². The van der Waals surface area contributed by atoms with Crippen molar-refractivity contribution in [2.24, 2.45) is 0 Å². The molecule has 2 heterocycles. The summed E-state index contributed by atoms with van der Waals surface area (Å²) in [6, 6.07) is 11.0. The zero-order valence-corrected chi connectivity index (χ0v) is 16.8. The second kappa shape index (κ2) is 5.99. The Bertz CT molecular complexity index is 1030. The molecule has 1 aromatic heterocycles. The number of benzene rings is 2. The third-order valence-electron chi connectivity index (χ3n) is 5.57. The molecule has 0 aliphatic carbocycles. The van der Waals surface area contributed by atoms with Crippen LogP contribution in [0.15, 0.2) is 36.4 Å². The number of phenols is 1. The molecular formula is C20H22BClN2O3. The maximum Gasteiger partial charge on any atom is 0.494 e. The summed E-state index contributed by atoms with van der Waals surface area (Å²) < 4.78 is 14.0. The summed E-state index contributed by atoms with van der Waals surface area (Å²) in [5.41, 5.74) is 2.80. The second-order valence-corrected chi connectivity index (χ2v) is 8.40. The van der Waals surface area contributed by atoms with E-state index in [9.17, 15) is 5.11 Å². The zero-order valence-electron chi connectivity index (χ0n) is 16.1. The van der Waals surface area contributed by atoms with Gasteiger partial charge in [-0.1, -0.05) is 23.7 Å². The van der Waals surface area contributed by atoms with Crippen molar-refractivity contribution in [3.05, 3.63) is 47.1 Å². The van der Waals surface area contributed by atoms with E-state index in [2.05, 4.69) is 5.10 Å². The highest BCUT2D eigenvalue weighted by Crippen LogP contribution is 2.37. The molecule has 1 aliphatic rings. The number of aromatic hydroxyl groups is 1. The summed E-state index contributed by atoms with van der Waals surface area (Å²) in [5, 5.41) is 15.5. The number of aryl methyl sites for hydroxylation is 1. The van der Waals surface area contributed by atoms with Gasteiger partial charge >= 0.3 is 7.12 Å². The lowest BCUT2D eigenvalue weighted by molar-refractivity contribution is 0.00578. The van der Waals surface area contributed by atoms with Crippen molar-refractivity contribution in [2.75, 3.05) is 0 Å². The maximum atomic E-state index is 9.71. The molecule has 2 aromatic carbocycles. The molecule has 140 valence electrons. The van der Waals surface area contributed by atoms with Crippen LogP contribution in [-0.2, 0) is 9.31 Å². The molecular weight excluding hydrogens is 362 g/mol. The largest absolute Gasteiger partial charge is 0.508 e. The molecule has 4 rings (SSSR count). The van der Waals surface area contributed by atoms with Crippen molar-refractivity contribution < 1.29 is 14.4 Å². The van der Waals surface area contributed by atoms with Crippen LogP contribution in [0.5, 0.6) is 5.75 Å². The number of halogens is 1. The molecule has 0 amide bonds. The van der Waals surface area contributed by atoms with Gasteiger partial charge in [-0.25, -0.2) is 4.68 Å². The van der Waals surface area contributed by atoms with E-state index >= 15 is 0 Å². The van der Waals surface area contributed by atoms with Gasteiger partial charge in [0.05, 0.1) is 22.4 Å². The van der Waals surface area contributed by atoms with Gasteiger partial charge in [-0.3, -0.25) is 0 Å². The molecule has 1 aliphatic heterocycles. The van der Waals surface area contributed by atoms with E-state index in [0.717, 1.165) is 22.2 Å². The quantitative estimate of drug-likeness (QED) is 0.679. The number of hydrogen-bond acceptors (Lipinski definition) is 4. The van der Waals surface area contributed by atoms with Crippen LogP contribution in [0.25, 0.3) is 16.6 Å². The van der Waals surface area contributed by atoms with Gasteiger partial charge in [-0.2, -0.15) is 5.10 Å². The minimum Gasteiger partial charge on any atom is -0.508 e. The van der Waals surface area contributed by atoms with E-state index in [1.54, 1.807) is 22.9 Å². The molecule has 5 nitrogen and oxygen atoms in total. The average molecular weight is 385 g/mol. The number of aromatic nitrogens is 2. The summed E-state index contributed by atoms with van der Waals surface area (Å²) in [6.45, 7) is 10.2. The Morgan fingerprint density at radius 1 is 1.04 bits per heavy atom. The van der Waals surface area contributed by atoms with Crippen molar-refractivity contribution in [3.63, 3.8) is 0 Å². The molecule has 1 saturated heterocycles. The van der Waals surface area contributed by atoms with Gasteiger partial charge in [-0.15, -0.1) is 0 Å². The fraction of sp³-hybridized carbons (Fsp3) is 0.350. The summed E-state index contributed by atoms with van der Waals surface area (Å²) >= 11 is 6.52. The first-order valence-corrected chi connectivity index (χ1v) is 9.31. The first-order valence-electron chi connectivity index (χ1n) is 8.93. The molecule has 7 heteroatoms. The van der Waals surface area contributed by atoms with Crippen molar-refractivity contribution in [2.45, 2.75) is 45.8 Å². The Hall–Kier alpha value is -2.02. The fourth-order valence-corrected chi connectivity index (χ4v) is 3.52. The third-order valence-corrected chi connectivity index (χ3v) is 5.93. The van der Waals surface area contributed by atoms with Crippen LogP contribution >= 0.6 is 11.6 Å². The molecule has 27 heavy (non-hydrogen) atoms. The Morgan fingerprint density at radius 3 is 2.33 bits per heavy atom. The summed E-state index contributed by atoms with van der Waals surface area (Å²) in [7, 11) is -0.410. The summed E-state index contributed by atoms with van der Waals surface area (Å²) in [4.78, 5) is 0. The van der Waals surface area contributed by atoms with Crippen LogP contribution in [0, 0.1) is 6.92 Å². The lowest BCUT2D eigenvalue weighted by atomic mass is 9.78. The Kier molecular flexibility index (Phi) is 4.07. The highest BCUT2D eigenvalue weighted by atomic mass is 35.5.